The molecular weight excluding hydrogens is 328 g/mol. The Morgan fingerprint density at radius 2 is 2.08 bits per heavy atom. The number of nitrogens with zero attached hydrogens (tertiary/aromatic N) is 5. The van der Waals surface area contributed by atoms with Crippen molar-refractivity contribution in [2.75, 3.05) is 25.0 Å². The molecule has 2 aromatic heterocycles. The Kier molecular flexibility index (Phi) is 3.27. The summed E-state index contributed by atoms with van der Waals surface area (Å²) in [5.74, 6) is 2.11. The van der Waals surface area contributed by atoms with E-state index in [-0.39, 0.29) is 5.91 Å². The minimum absolute atomic E-state index is 0.0733. The summed E-state index contributed by atoms with van der Waals surface area (Å²) in [5.41, 5.74) is 0.179. The number of rotatable bonds is 3. The molecule has 1 unspecified atom stereocenters. The molecule has 2 aliphatic carbocycles. The van der Waals surface area contributed by atoms with Crippen molar-refractivity contribution in [1.82, 2.24) is 19.9 Å². The Morgan fingerprint density at radius 1 is 1.35 bits per heavy atom. The van der Waals surface area contributed by atoms with E-state index in [0.29, 0.717) is 17.9 Å². The van der Waals surface area contributed by atoms with Crippen LogP contribution in [0.25, 0.3) is 11.0 Å². The third-order valence-corrected chi connectivity index (χ3v) is 6.60. The summed E-state index contributed by atoms with van der Waals surface area (Å²) in [6, 6.07) is 4.69. The summed E-state index contributed by atoms with van der Waals surface area (Å²) in [5, 5.41) is 10.3. The van der Waals surface area contributed by atoms with Crippen LogP contribution in [0.15, 0.2) is 18.6 Å². The molecule has 26 heavy (non-hydrogen) atoms. The van der Waals surface area contributed by atoms with Crippen LogP contribution < -0.4 is 4.90 Å². The first kappa shape index (κ1) is 15.6. The molecule has 1 N–H and O–H groups in total. The molecule has 2 saturated carbocycles. The molecule has 0 bridgehead atoms. The van der Waals surface area contributed by atoms with Gasteiger partial charge in [0.2, 0.25) is 5.91 Å². The number of fused-ring (bicyclic) bond motifs is 2. The van der Waals surface area contributed by atoms with Gasteiger partial charge in [-0.2, -0.15) is 5.26 Å². The van der Waals surface area contributed by atoms with E-state index < -0.39 is 5.41 Å². The second kappa shape index (κ2) is 5.44. The first-order valence-corrected chi connectivity index (χ1v) is 9.33. The summed E-state index contributed by atoms with van der Waals surface area (Å²) in [6.45, 7) is 1.61. The van der Waals surface area contributed by atoms with Crippen LogP contribution in [0.3, 0.4) is 0 Å². The molecule has 3 atom stereocenters. The number of H-pyrrole nitrogens is 1. The van der Waals surface area contributed by atoms with Gasteiger partial charge in [-0.15, -0.1) is 0 Å². The van der Waals surface area contributed by atoms with Crippen molar-refractivity contribution < 1.29 is 4.79 Å². The van der Waals surface area contributed by atoms with Gasteiger partial charge in [-0.05, 0) is 43.6 Å². The smallest absolute Gasteiger partial charge is 0.243 e. The average molecular weight is 350 g/mol. The normalized spacial score (nSPS) is 28.8. The Hall–Kier alpha value is -2.62. The number of hydrogen-bond acceptors (Lipinski definition) is 5. The van der Waals surface area contributed by atoms with Crippen LogP contribution in [0.4, 0.5) is 5.82 Å². The Morgan fingerprint density at radius 3 is 2.73 bits per heavy atom. The zero-order valence-corrected chi connectivity index (χ0v) is 14.9. The number of nitrogens with one attached hydrogen (secondary N) is 1. The predicted octanol–water partition coefficient (Wildman–Crippen LogP) is 1.93. The zero-order valence-electron chi connectivity index (χ0n) is 14.9. The van der Waals surface area contributed by atoms with Gasteiger partial charge in [-0.3, -0.25) is 4.79 Å². The number of carbonyl (C=O) groups is 1. The van der Waals surface area contributed by atoms with E-state index in [1.54, 1.807) is 6.33 Å². The van der Waals surface area contributed by atoms with E-state index in [4.69, 9.17) is 0 Å². The van der Waals surface area contributed by atoms with Crippen molar-refractivity contribution in [3.8, 4) is 6.07 Å². The van der Waals surface area contributed by atoms with Crippen LogP contribution in [0.1, 0.15) is 25.7 Å². The zero-order chi connectivity index (χ0) is 17.9. The molecule has 1 saturated heterocycles. The van der Waals surface area contributed by atoms with Crippen molar-refractivity contribution >= 4 is 22.8 Å². The molecule has 7 heteroatoms. The molecule has 7 nitrogen and oxygen atoms in total. The highest BCUT2D eigenvalue weighted by Gasteiger charge is 2.55. The quantitative estimate of drug-likeness (QED) is 0.914. The van der Waals surface area contributed by atoms with Gasteiger partial charge in [0.1, 0.15) is 23.2 Å². The fourth-order valence-electron chi connectivity index (χ4n) is 4.86. The average Bonchev–Trinajstić information content (AvgIpc) is 2.97. The fourth-order valence-corrected chi connectivity index (χ4v) is 4.86. The van der Waals surface area contributed by atoms with Crippen molar-refractivity contribution in [2.24, 2.45) is 17.3 Å². The topological polar surface area (TPSA) is 88.9 Å². The molecular formula is C19H22N6O. The second-order valence-electron chi connectivity index (χ2n) is 8.10. The van der Waals surface area contributed by atoms with Crippen LogP contribution in [0.2, 0.25) is 0 Å². The molecule has 1 aliphatic heterocycles. The van der Waals surface area contributed by atoms with Crippen LogP contribution >= 0.6 is 0 Å². The first-order valence-electron chi connectivity index (χ1n) is 9.33. The number of aromatic amines is 1. The van der Waals surface area contributed by atoms with Gasteiger partial charge in [0, 0.05) is 32.4 Å². The summed E-state index contributed by atoms with van der Waals surface area (Å²) >= 11 is 0. The van der Waals surface area contributed by atoms with Gasteiger partial charge in [0.15, 0.2) is 0 Å². The fraction of sp³-hybridized carbons (Fsp3) is 0.579. The first-order chi connectivity index (χ1) is 12.6. The van der Waals surface area contributed by atoms with Crippen LogP contribution in [0, 0.1) is 28.6 Å². The molecule has 0 spiro atoms. The molecule has 2 aromatic rings. The highest BCUT2D eigenvalue weighted by Crippen LogP contribution is 2.49. The van der Waals surface area contributed by atoms with Gasteiger partial charge >= 0.3 is 0 Å². The molecule has 5 rings (SSSR count). The van der Waals surface area contributed by atoms with Gasteiger partial charge in [0.25, 0.3) is 0 Å². The van der Waals surface area contributed by atoms with E-state index in [1.165, 1.54) is 0 Å². The molecule has 1 amide bonds. The number of likely N-dealkylation sites (tertiary alicyclic amines) is 1. The maximum atomic E-state index is 12.6. The molecule has 3 heterocycles. The van der Waals surface area contributed by atoms with Gasteiger partial charge < -0.3 is 14.8 Å². The predicted molar refractivity (Wildman–Crippen MR) is 96.2 cm³/mol. The molecule has 3 aliphatic rings. The lowest BCUT2D eigenvalue weighted by atomic mass is 10.0. The largest absolute Gasteiger partial charge is 0.356 e. The highest BCUT2D eigenvalue weighted by molar-refractivity contribution is 5.89. The van der Waals surface area contributed by atoms with Crippen LogP contribution in [0.5, 0.6) is 0 Å². The standard InChI is InChI=1S/C19H22N6O/c1-24(17-15-2-5-21-16(15)22-11-23-17)14-6-12-8-25(9-13(12)7-14)18(26)19(10-20)3-4-19/h2,5,11-14H,3-4,6-9H2,1H3,(H,21,22,23)/t12-,13?,14+/m1/s1. The minimum atomic E-state index is -0.685. The molecule has 3 fully saturated rings. The number of anilines is 1. The SMILES string of the molecule is CN(c1ncnc2[nH]ccc12)[C@@H]1CC2CN(C(=O)C3(C#N)CC3)C[C@H]2C1. The van der Waals surface area contributed by atoms with E-state index >= 15 is 0 Å². The number of hydrogen-bond donors (Lipinski definition) is 1. The van der Waals surface area contributed by atoms with E-state index in [0.717, 1.165) is 55.6 Å². The van der Waals surface area contributed by atoms with Crippen molar-refractivity contribution in [1.29, 1.82) is 5.26 Å². The Bertz CT molecular complexity index is 896. The van der Waals surface area contributed by atoms with Crippen molar-refractivity contribution in [2.45, 2.75) is 31.7 Å². The number of aromatic nitrogens is 3. The Balaban J connectivity index is 1.29. The summed E-state index contributed by atoms with van der Waals surface area (Å²) in [6.07, 6.45) is 7.12. The van der Waals surface area contributed by atoms with Crippen LogP contribution in [-0.4, -0.2) is 51.9 Å². The third-order valence-electron chi connectivity index (χ3n) is 6.60. The third kappa shape index (κ3) is 2.21. The minimum Gasteiger partial charge on any atom is -0.356 e. The molecule has 134 valence electrons. The van der Waals surface area contributed by atoms with E-state index in [1.807, 2.05) is 17.2 Å². The summed E-state index contributed by atoms with van der Waals surface area (Å²) < 4.78 is 0. The molecule has 0 aromatic carbocycles. The van der Waals surface area contributed by atoms with Gasteiger partial charge in [0.05, 0.1) is 11.5 Å². The number of carbonyl (C=O) groups excluding carboxylic acids is 1. The van der Waals surface area contributed by atoms with Gasteiger partial charge in [-0.1, -0.05) is 0 Å². The summed E-state index contributed by atoms with van der Waals surface area (Å²) in [4.78, 5) is 28.8. The summed E-state index contributed by atoms with van der Waals surface area (Å²) in [7, 11) is 2.11. The monoisotopic (exact) mass is 350 g/mol. The van der Waals surface area contributed by atoms with E-state index in [2.05, 4.69) is 33.0 Å². The van der Waals surface area contributed by atoms with E-state index in [9.17, 15) is 10.1 Å². The van der Waals surface area contributed by atoms with Crippen molar-refractivity contribution in [3.63, 3.8) is 0 Å². The molecule has 0 radical (unpaired) electrons. The number of amides is 1. The lowest BCUT2D eigenvalue weighted by Gasteiger charge is -2.28. The lowest BCUT2D eigenvalue weighted by molar-refractivity contribution is -0.134. The lowest BCUT2D eigenvalue weighted by Crippen LogP contribution is -2.37. The maximum Gasteiger partial charge on any atom is 0.243 e. The van der Waals surface area contributed by atoms with Crippen LogP contribution in [-0.2, 0) is 4.79 Å². The van der Waals surface area contributed by atoms with Gasteiger partial charge in [-0.25, -0.2) is 9.97 Å². The second-order valence-corrected chi connectivity index (χ2v) is 8.10. The maximum absolute atomic E-state index is 12.6. The number of nitriles is 1. The highest BCUT2D eigenvalue weighted by atomic mass is 16.2. The van der Waals surface area contributed by atoms with Crippen molar-refractivity contribution in [3.05, 3.63) is 18.6 Å². The Labute approximate surface area is 152 Å².